The summed E-state index contributed by atoms with van der Waals surface area (Å²) in [5.41, 5.74) is 2.89. The number of rotatable bonds is 6. The minimum Gasteiger partial charge on any atom is -0.508 e. The summed E-state index contributed by atoms with van der Waals surface area (Å²) in [6, 6.07) is 13.7. The summed E-state index contributed by atoms with van der Waals surface area (Å²) >= 11 is 0. The van der Waals surface area contributed by atoms with Crippen molar-refractivity contribution in [2.45, 2.75) is 4.90 Å². The molecular weight excluding hydrogens is 442 g/mol. The molecule has 0 aliphatic carbocycles. The lowest BCUT2D eigenvalue weighted by Gasteiger charge is -2.33. The zero-order valence-corrected chi connectivity index (χ0v) is 18.7. The molecule has 0 radical (unpaired) electrons. The van der Waals surface area contributed by atoms with Gasteiger partial charge in [0.15, 0.2) is 0 Å². The van der Waals surface area contributed by atoms with E-state index in [9.17, 15) is 13.5 Å². The number of nitrogens with one attached hydrogen (secondary N) is 2. The van der Waals surface area contributed by atoms with Crippen molar-refractivity contribution in [2.24, 2.45) is 0 Å². The van der Waals surface area contributed by atoms with Crippen LogP contribution in [0.25, 0.3) is 21.9 Å². The van der Waals surface area contributed by atoms with E-state index < -0.39 is 10.0 Å². The van der Waals surface area contributed by atoms with Crippen molar-refractivity contribution in [1.82, 2.24) is 19.2 Å². The second-order valence-corrected chi connectivity index (χ2v) is 10.00. The van der Waals surface area contributed by atoms with Gasteiger partial charge < -0.3 is 20.5 Å². The molecule has 0 amide bonds. The molecule has 1 aliphatic heterocycles. The molecule has 5 rings (SSSR count). The van der Waals surface area contributed by atoms with Crippen LogP contribution in [-0.2, 0) is 10.0 Å². The van der Waals surface area contributed by atoms with Gasteiger partial charge in [-0.25, -0.2) is 13.4 Å². The van der Waals surface area contributed by atoms with Gasteiger partial charge in [-0.3, -0.25) is 4.90 Å². The Kier molecular flexibility index (Phi) is 5.67. The molecule has 0 spiro atoms. The number of anilines is 2. The van der Waals surface area contributed by atoms with Gasteiger partial charge in [-0.1, -0.05) is 6.07 Å². The third-order valence-electron chi connectivity index (χ3n) is 5.97. The first-order valence-electron chi connectivity index (χ1n) is 10.8. The number of aromatic hydroxyl groups is 1. The summed E-state index contributed by atoms with van der Waals surface area (Å²) in [4.78, 5) is 9.96. The summed E-state index contributed by atoms with van der Waals surface area (Å²) in [5, 5.41) is 23.7. The molecule has 172 valence electrons. The number of hydrogen-bond donors (Lipinski definition) is 4. The molecule has 1 saturated heterocycles. The summed E-state index contributed by atoms with van der Waals surface area (Å²) in [6.07, 6.45) is 1.67. The van der Waals surface area contributed by atoms with Crippen LogP contribution in [0.1, 0.15) is 0 Å². The van der Waals surface area contributed by atoms with Gasteiger partial charge >= 0.3 is 0 Å². The van der Waals surface area contributed by atoms with Crippen LogP contribution in [0.4, 0.5) is 11.4 Å². The number of pyridine rings is 1. The van der Waals surface area contributed by atoms with Gasteiger partial charge in [0.25, 0.3) is 0 Å². The number of benzene rings is 2. The van der Waals surface area contributed by atoms with Gasteiger partial charge in [0, 0.05) is 61.6 Å². The van der Waals surface area contributed by atoms with E-state index in [1.54, 1.807) is 42.6 Å². The third kappa shape index (κ3) is 4.13. The minimum atomic E-state index is -3.66. The van der Waals surface area contributed by atoms with Gasteiger partial charge in [-0.15, -0.1) is 0 Å². The van der Waals surface area contributed by atoms with E-state index in [1.807, 2.05) is 12.1 Å². The van der Waals surface area contributed by atoms with Crippen molar-refractivity contribution >= 4 is 43.3 Å². The van der Waals surface area contributed by atoms with Gasteiger partial charge in [0.2, 0.25) is 10.0 Å². The molecule has 33 heavy (non-hydrogen) atoms. The van der Waals surface area contributed by atoms with E-state index in [1.165, 1.54) is 4.31 Å². The third-order valence-corrected chi connectivity index (χ3v) is 7.87. The Morgan fingerprint density at radius 3 is 2.64 bits per heavy atom. The number of hydrogen-bond acceptors (Lipinski definition) is 7. The Bertz CT molecular complexity index is 1410. The SMILES string of the molecule is O=S(=O)(c1ccc2[nH]c3nccc(Nc4cccc(O)c4)c3c2c1)N1CCN(CCO)CC1. The maximum atomic E-state index is 13.4. The van der Waals surface area contributed by atoms with Crippen molar-refractivity contribution in [3.8, 4) is 5.75 Å². The molecule has 9 nitrogen and oxygen atoms in total. The first-order chi connectivity index (χ1) is 16.0. The summed E-state index contributed by atoms with van der Waals surface area (Å²) in [7, 11) is -3.66. The average Bonchev–Trinajstić information content (AvgIpc) is 3.18. The molecule has 2 aromatic heterocycles. The largest absolute Gasteiger partial charge is 0.508 e. The molecule has 0 atom stereocenters. The Balaban J connectivity index is 1.52. The molecule has 2 aromatic carbocycles. The molecule has 0 unspecified atom stereocenters. The van der Waals surface area contributed by atoms with E-state index in [0.29, 0.717) is 44.1 Å². The van der Waals surface area contributed by atoms with Crippen LogP contribution in [0, 0.1) is 0 Å². The number of aliphatic hydroxyl groups excluding tert-OH is 1. The van der Waals surface area contributed by atoms with Gasteiger partial charge in [-0.2, -0.15) is 4.31 Å². The Hall–Kier alpha value is -3.18. The standard InChI is InChI=1S/C23H25N5O4S/c29-13-12-27-8-10-28(11-9-27)33(31,32)18-4-5-20-19(15-18)22-21(6-7-24-23(22)26-20)25-16-2-1-3-17(30)14-16/h1-7,14-15,29-30H,8-13H2,(H2,24,25,26). The van der Waals surface area contributed by atoms with Gasteiger partial charge in [0.05, 0.1) is 22.6 Å². The highest BCUT2D eigenvalue weighted by molar-refractivity contribution is 7.89. The summed E-state index contributed by atoms with van der Waals surface area (Å²) in [5.74, 6) is 0.150. The second-order valence-electron chi connectivity index (χ2n) is 8.06. The van der Waals surface area contributed by atoms with Crippen LogP contribution in [0.3, 0.4) is 0 Å². The van der Waals surface area contributed by atoms with Crippen LogP contribution in [0.5, 0.6) is 5.75 Å². The molecule has 10 heteroatoms. The molecule has 0 bridgehead atoms. The number of aromatic nitrogens is 2. The second kappa shape index (κ2) is 8.64. The highest BCUT2D eigenvalue weighted by Gasteiger charge is 2.29. The summed E-state index contributed by atoms with van der Waals surface area (Å²) < 4.78 is 28.2. The Morgan fingerprint density at radius 1 is 1.06 bits per heavy atom. The number of sulfonamides is 1. The van der Waals surface area contributed by atoms with Crippen LogP contribution in [-0.4, -0.2) is 77.1 Å². The highest BCUT2D eigenvalue weighted by atomic mass is 32.2. The van der Waals surface area contributed by atoms with Crippen LogP contribution in [0.15, 0.2) is 59.6 Å². The normalized spacial score (nSPS) is 15.9. The first kappa shape index (κ1) is 21.7. The monoisotopic (exact) mass is 467 g/mol. The number of aromatic amines is 1. The maximum absolute atomic E-state index is 13.4. The summed E-state index contributed by atoms with van der Waals surface area (Å²) in [6.45, 7) is 2.59. The molecule has 4 aromatic rings. The zero-order valence-electron chi connectivity index (χ0n) is 17.9. The topological polar surface area (TPSA) is 122 Å². The Morgan fingerprint density at radius 2 is 1.88 bits per heavy atom. The fraction of sp³-hybridized carbons (Fsp3) is 0.261. The lowest BCUT2D eigenvalue weighted by atomic mass is 10.1. The van der Waals surface area contributed by atoms with Crippen molar-refractivity contribution in [1.29, 1.82) is 0 Å². The first-order valence-corrected chi connectivity index (χ1v) is 12.2. The molecule has 4 N–H and O–H groups in total. The molecular formula is C23H25N5O4S. The predicted octanol–water partition coefficient (Wildman–Crippen LogP) is 2.46. The maximum Gasteiger partial charge on any atom is 0.243 e. The van der Waals surface area contributed by atoms with Crippen molar-refractivity contribution in [3.63, 3.8) is 0 Å². The number of H-pyrrole nitrogens is 1. The number of nitrogens with zero attached hydrogens (tertiary/aromatic N) is 3. The van der Waals surface area contributed by atoms with E-state index in [2.05, 4.69) is 20.2 Å². The van der Waals surface area contributed by atoms with E-state index in [4.69, 9.17) is 5.11 Å². The number of phenolic OH excluding ortho intramolecular Hbond substituents is 1. The van der Waals surface area contributed by atoms with E-state index in [-0.39, 0.29) is 17.3 Å². The predicted molar refractivity (Wildman–Crippen MR) is 127 cm³/mol. The van der Waals surface area contributed by atoms with Crippen molar-refractivity contribution in [2.75, 3.05) is 44.6 Å². The zero-order chi connectivity index (χ0) is 23.0. The van der Waals surface area contributed by atoms with E-state index in [0.717, 1.165) is 22.0 Å². The molecule has 3 heterocycles. The number of phenols is 1. The van der Waals surface area contributed by atoms with E-state index >= 15 is 0 Å². The number of β-amino-alcohol motifs (C(OH)–C–C–N with tert-alkyl or cyclic N) is 1. The quantitative estimate of drug-likeness (QED) is 0.344. The Labute approximate surface area is 191 Å². The van der Waals surface area contributed by atoms with Crippen LogP contribution in [0.2, 0.25) is 0 Å². The van der Waals surface area contributed by atoms with Gasteiger partial charge in [0.1, 0.15) is 11.4 Å². The smallest absolute Gasteiger partial charge is 0.243 e. The van der Waals surface area contributed by atoms with Gasteiger partial charge in [-0.05, 0) is 36.4 Å². The number of fused-ring (bicyclic) bond motifs is 3. The lowest BCUT2D eigenvalue weighted by Crippen LogP contribution is -2.49. The van der Waals surface area contributed by atoms with Crippen molar-refractivity contribution in [3.05, 3.63) is 54.7 Å². The van der Waals surface area contributed by atoms with Crippen molar-refractivity contribution < 1.29 is 18.6 Å². The number of piperazine rings is 1. The molecule has 1 aliphatic rings. The highest BCUT2D eigenvalue weighted by Crippen LogP contribution is 2.34. The number of aliphatic hydroxyl groups is 1. The van der Waals surface area contributed by atoms with Crippen LogP contribution < -0.4 is 5.32 Å². The fourth-order valence-electron chi connectivity index (χ4n) is 4.28. The minimum absolute atomic E-state index is 0.0665. The molecule has 0 saturated carbocycles. The fourth-order valence-corrected chi connectivity index (χ4v) is 5.73. The van der Waals surface area contributed by atoms with Crippen LogP contribution >= 0.6 is 0 Å². The lowest BCUT2D eigenvalue weighted by molar-refractivity contribution is 0.151. The average molecular weight is 468 g/mol. The molecule has 1 fully saturated rings.